The average Bonchev–Trinajstić information content (AvgIpc) is 2.63. The van der Waals surface area contributed by atoms with E-state index in [1.165, 1.54) is 12.0 Å². The van der Waals surface area contributed by atoms with E-state index in [0.717, 1.165) is 0 Å². The molecule has 0 bridgehead atoms. The second kappa shape index (κ2) is 7.20. The Bertz CT molecular complexity index is 948. The van der Waals surface area contributed by atoms with Crippen molar-refractivity contribution < 1.29 is 19.1 Å². The van der Waals surface area contributed by atoms with Crippen LogP contribution in [0.2, 0.25) is 5.02 Å². The highest BCUT2D eigenvalue weighted by atomic mass is 35.5. The summed E-state index contributed by atoms with van der Waals surface area (Å²) in [5.74, 6) is 0.384. The number of ether oxygens (including phenoxy) is 2. The van der Waals surface area contributed by atoms with E-state index in [1.807, 2.05) is 0 Å². The van der Waals surface area contributed by atoms with Crippen LogP contribution in [0.4, 0.5) is 17.3 Å². The summed E-state index contributed by atoms with van der Waals surface area (Å²) in [7, 11) is 1.49. The lowest BCUT2D eigenvalue weighted by molar-refractivity contribution is -0.134. The first-order valence-electron chi connectivity index (χ1n) is 8.57. The molecule has 1 aliphatic rings. The highest BCUT2D eigenvalue weighted by Crippen LogP contribution is 2.38. The number of hydrogen-bond acceptors (Lipinski definition) is 6. The van der Waals surface area contributed by atoms with Gasteiger partial charge in [0.05, 0.1) is 12.8 Å². The van der Waals surface area contributed by atoms with Crippen molar-refractivity contribution in [1.29, 1.82) is 0 Å². The maximum Gasteiger partial charge on any atom is 0.272 e. The van der Waals surface area contributed by atoms with Gasteiger partial charge >= 0.3 is 0 Å². The van der Waals surface area contributed by atoms with Crippen LogP contribution in [-0.2, 0) is 9.59 Å². The molecule has 1 unspecified atom stereocenters. The fourth-order valence-corrected chi connectivity index (χ4v) is 3.07. The number of fused-ring (bicyclic) bond motifs is 1. The second-order valence-corrected chi connectivity index (χ2v) is 7.29. The third-order valence-electron chi connectivity index (χ3n) is 4.37. The van der Waals surface area contributed by atoms with Crippen LogP contribution in [0.1, 0.15) is 20.8 Å². The Morgan fingerprint density at radius 3 is 2.75 bits per heavy atom. The van der Waals surface area contributed by atoms with Crippen molar-refractivity contribution in [2.75, 3.05) is 23.1 Å². The lowest BCUT2D eigenvalue weighted by Crippen LogP contribution is -2.58. The van der Waals surface area contributed by atoms with Gasteiger partial charge in [-0.1, -0.05) is 11.6 Å². The third-order valence-corrected chi connectivity index (χ3v) is 4.61. The van der Waals surface area contributed by atoms with Crippen LogP contribution in [0.15, 0.2) is 30.3 Å². The molecule has 1 aliphatic heterocycles. The molecule has 3 rings (SSSR count). The number of benzene rings is 1. The summed E-state index contributed by atoms with van der Waals surface area (Å²) >= 11 is 6.02. The highest BCUT2D eigenvalue weighted by molar-refractivity contribution is 6.31. The van der Waals surface area contributed by atoms with Gasteiger partial charge in [-0.2, -0.15) is 0 Å². The molecule has 0 fully saturated rings. The lowest BCUT2D eigenvalue weighted by atomic mass is 10.0. The SMILES string of the molecule is COc1ccc(Cl)cc1NC(=O)C(C)N1C(=O)C(C)(C)Oc2ccc(N)nc21. The van der Waals surface area contributed by atoms with Crippen molar-refractivity contribution in [3.8, 4) is 11.5 Å². The summed E-state index contributed by atoms with van der Waals surface area (Å²) < 4.78 is 11.0. The molecule has 148 valence electrons. The normalized spacial score (nSPS) is 16.0. The zero-order valence-corrected chi connectivity index (χ0v) is 16.7. The molecule has 2 aromatic rings. The highest BCUT2D eigenvalue weighted by Gasteiger charge is 2.45. The van der Waals surface area contributed by atoms with Crippen LogP contribution in [0.5, 0.6) is 11.5 Å². The Labute approximate surface area is 167 Å². The number of aromatic nitrogens is 1. The van der Waals surface area contributed by atoms with E-state index in [-0.39, 0.29) is 11.6 Å². The van der Waals surface area contributed by atoms with Gasteiger partial charge in [0.1, 0.15) is 17.6 Å². The Morgan fingerprint density at radius 1 is 1.36 bits per heavy atom. The molecule has 3 N–H and O–H groups in total. The number of nitrogens with two attached hydrogens (primary N) is 1. The predicted molar refractivity (Wildman–Crippen MR) is 107 cm³/mol. The Morgan fingerprint density at radius 2 is 2.07 bits per heavy atom. The van der Waals surface area contributed by atoms with Gasteiger partial charge in [-0.3, -0.25) is 14.5 Å². The van der Waals surface area contributed by atoms with Gasteiger partial charge in [-0.05, 0) is 51.1 Å². The Kier molecular flexibility index (Phi) is 5.08. The third kappa shape index (κ3) is 3.55. The number of pyridine rings is 1. The molecule has 1 atom stereocenters. The molecule has 1 aromatic carbocycles. The molecular weight excluding hydrogens is 384 g/mol. The number of carbonyl (C=O) groups excluding carboxylic acids is 2. The van der Waals surface area contributed by atoms with Gasteiger partial charge < -0.3 is 20.5 Å². The number of amides is 2. The monoisotopic (exact) mass is 404 g/mol. The number of nitrogens with one attached hydrogen (secondary N) is 1. The maximum absolute atomic E-state index is 13.0. The molecule has 2 amide bonds. The fraction of sp³-hybridized carbons (Fsp3) is 0.316. The van der Waals surface area contributed by atoms with Crippen LogP contribution in [-0.4, -0.2) is 35.6 Å². The first-order valence-corrected chi connectivity index (χ1v) is 8.95. The van der Waals surface area contributed by atoms with E-state index in [9.17, 15) is 9.59 Å². The summed E-state index contributed by atoms with van der Waals surface area (Å²) in [6.07, 6.45) is 0. The van der Waals surface area contributed by atoms with Gasteiger partial charge in [0.15, 0.2) is 17.2 Å². The van der Waals surface area contributed by atoms with Crippen molar-refractivity contribution >= 4 is 40.7 Å². The molecule has 0 aliphatic carbocycles. The fourth-order valence-electron chi connectivity index (χ4n) is 2.90. The van der Waals surface area contributed by atoms with E-state index >= 15 is 0 Å². The zero-order valence-electron chi connectivity index (χ0n) is 15.9. The minimum Gasteiger partial charge on any atom is -0.495 e. The topological polar surface area (TPSA) is 107 Å². The van der Waals surface area contributed by atoms with Gasteiger partial charge in [0.2, 0.25) is 5.91 Å². The number of hydrogen-bond donors (Lipinski definition) is 2. The molecule has 0 saturated carbocycles. The quantitative estimate of drug-likeness (QED) is 0.811. The van der Waals surface area contributed by atoms with Gasteiger partial charge in [-0.25, -0.2) is 4.98 Å². The van der Waals surface area contributed by atoms with Gasteiger partial charge in [0, 0.05) is 5.02 Å². The van der Waals surface area contributed by atoms with Crippen molar-refractivity contribution in [3.05, 3.63) is 35.4 Å². The van der Waals surface area contributed by atoms with Crippen molar-refractivity contribution in [2.24, 2.45) is 0 Å². The number of methoxy groups -OCH3 is 1. The number of halogens is 1. The van der Waals surface area contributed by atoms with E-state index in [0.29, 0.717) is 22.2 Å². The summed E-state index contributed by atoms with van der Waals surface area (Å²) in [4.78, 5) is 31.4. The van der Waals surface area contributed by atoms with E-state index in [4.69, 9.17) is 26.8 Å². The average molecular weight is 405 g/mol. The second-order valence-electron chi connectivity index (χ2n) is 6.86. The van der Waals surface area contributed by atoms with Gasteiger partial charge in [-0.15, -0.1) is 0 Å². The number of rotatable bonds is 4. The Balaban J connectivity index is 1.96. The number of nitrogens with zero attached hydrogens (tertiary/aromatic N) is 2. The van der Waals surface area contributed by atoms with E-state index in [1.54, 1.807) is 51.1 Å². The summed E-state index contributed by atoms with van der Waals surface area (Å²) in [6.45, 7) is 4.86. The molecule has 28 heavy (non-hydrogen) atoms. The predicted octanol–water partition coefficient (Wildman–Crippen LogP) is 2.86. The molecule has 0 radical (unpaired) electrons. The Hall–Kier alpha value is -3.00. The van der Waals surface area contributed by atoms with E-state index in [2.05, 4.69) is 10.3 Å². The van der Waals surface area contributed by atoms with Crippen molar-refractivity contribution in [3.63, 3.8) is 0 Å². The summed E-state index contributed by atoms with van der Waals surface area (Å²) in [6, 6.07) is 7.17. The van der Waals surface area contributed by atoms with Crippen LogP contribution < -0.4 is 25.4 Å². The summed E-state index contributed by atoms with van der Waals surface area (Å²) in [5, 5.41) is 3.19. The maximum atomic E-state index is 13.0. The van der Waals surface area contributed by atoms with Crippen LogP contribution >= 0.6 is 11.6 Å². The molecule has 2 heterocycles. The standard InChI is InChI=1S/C19H21ClN4O4/c1-10(17(25)22-12-9-11(20)5-6-13(12)27-4)24-16-14(7-8-15(21)23-16)28-19(2,3)18(24)26/h5-10H,1-4H3,(H2,21,23)(H,22,25). The number of nitrogen functional groups attached to an aromatic ring is 1. The smallest absolute Gasteiger partial charge is 0.272 e. The minimum absolute atomic E-state index is 0.199. The molecule has 9 heteroatoms. The molecule has 0 saturated heterocycles. The van der Waals surface area contributed by atoms with Gasteiger partial charge in [0.25, 0.3) is 5.91 Å². The van der Waals surface area contributed by atoms with Crippen LogP contribution in [0.25, 0.3) is 0 Å². The lowest BCUT2D eigenvalue weighted by Gasteiger charge is -2.40. The largest absolute Gasteiger partial charge is 0.495 e. The molecule has 8 nitrogen and oxygen atoms in total. The zero-order chi connectivity index (χ0) is 20.6. The summed E-state index contributed by atoms with van der Waals surface area (Å²) in [5.41, 5.74) is 5.01. The minimum atomic E-state index is -1.16. The number of carbonyl (C=O) groups is 2. The molecular formula is C19H21ClN4O4. The molecule has 0 spiro atoms. The van der Waals surface area contributed by atoms with Crippen LogP contribution in [0, 0.1) is 0 Å². The number of anilines is 3. The van der Waals surface area contributed by atoms with Crippen LogP contribution in [0.3, 0.4) is 0 Å². The first-order chi connectivity index (χ1) is 13.1. The van der Waals surface area contributed by atoms with E-state index < -0.39 is 23.5 Å². The first kappa shape index (κ1) is 19.8. The van der Waals surface area contributed by atoms with Crippen molar-refractivity contribution in [2.45, 2.75) is 32.4 Å². The van der Waals surface area contributed by atoms with Crippen molar-refractivity contribution in [1.82, 2.24) is 4.98 Å². The molecule has 1 aromatic heterocycles.